The lowest BCUT2D eigenvalue weighted by molar-refractivity contribution is 0.528. The zero-order chi connectivity index (χ0) is 11.4. The van der Waals surface area contributed by atoms with Crippen LogP contribution in [0, 0.1) is 6.92 Å². The normalized spacial score (nSPS) is 21.9. The molecule has 88 valence electrons. The van der Waals surface area contributed by atoms with Gasteiger partial charge < -0.3 is 10.2 Å². The summed E-state index contributed by atoms with van der Waals surface area (Å²) in [6.45, 7) is 7.93. The van der Waals surface area contributed by atoms with Crippen molar-refractivity contribution >= 4 is 5.69 Å². The van der Waals surface area contributed by atoms with Gasteiger partial charge in [0.05, 0.1) is 0 Å². The standard InChI is InChI=1S/C14H22N2/c1-3-13-11-16(10-6-9-15-13)14-8-5-4-7-12(14)2/h4-5,7-8,13,15H,3,6,9-11H2,1-2H3. The van der Waals surface area contributed by atoms with E-state index in [1.54, 1.807) is 0 Å². The Morgan fingerprint density at radius 2 is 2.19 bits per heavy atom. The van der Waals surface area contributed by atoms with Crippen LogP contribution in [-0.2, 0) is 0 Å². The summed E-state index contributed by atoms with van der Waals surface area (Å²) in [5.41, 5.74) is 2.80. The van der Waals surface area contributed by atoms with E-state index in [0.717, 1.165) is 13.1 Å². The van der Waals surface area contributed by atoms with Crippen LogP contribution in [0.1, 0.15) is 25.3 Å². The van der Waals surface area contributed by atoms with Crippen LogP contribution in [0.5, 0.6) is 0 Å². The Hall–Kier alpha value is -1.02. The number of para-hydroxylation sites is 1. The molecular weight excluding hydrogens is 196 g/mol. The van der Waals surface area contributed by atoms with E-state index >= 15 is 0 Å². The van der Waals surface area contributed by atoms with E-state index < -0.39 is 0 Å². The highest BCUT2D eigenvalue weighted by Crippen LogP contribution is 2.21. The Labute approximate surface area is 98.7 Å². The Morgan fingerprint density at radius 3 is 2.94 bits per heavy atom. The smallest absolute Gasteiger partial charge is 0.0396 e. The van der Waals surface area contributed by atoms with Crippen LogP contribution < -0.4 is 10.2 Å². The highest BCUT2D eigenvalue weighted by Gasteiger charge is 2.17. The van der Waals surface area contributed by atoms with Gasteiger partial charge in [-0.2, -0.15) is 0 Å². The van der Waals surface area contributed by atoms with E-state index in [4.69, 9.17) is 0 Å². The van der Waals surface area contributed by atoms with Crippen molar-refractivity contribution in [2.45, 2.75) is 32.7 Å². The molecule has 16 heavy (non-hydrogen) atoms. The summed E-state index contributed by atoms with van der Waals surface area (Å²) in [6.07, 6.45) is 2.45. The molecule has 1 aromatic carbocycles. The van der Waals surface area contributed by atoms with Gasteiger partial charge in [-0.1, -0.05) is 25.1 Å². The molecule has 1 fully saturated rings. The van der Waals surface area contributed by atoms with Crippen LogP contribution in [0.4, 0.5) is 5.69 Å². The second-order valence-electron chi connectivity index (χ2n) is 4.65. The molecule has 0 radical (unpaired) electrons. The first-order valence-electron chi connectivity index (χ1n) is 6.35. The van der Waals surface area contributed by atoms with Gasteiger partial charge in [-0.15, -0.1) is 0 Å². The summed E-state index contributed by atoms with van der Waals surface area (Å²) < 4.78 is 0. The number of nitrogens with zero attached hydrogens (tertiary/aromatic N) is 1. The van der Waals surface area contributed by atoms with Gasteiger partial charge in [0.2, 0.25) is 0 Å². The van der Waals surface area contributed by atoms with Crippen molar-refractivity contribution in [3.63, 3.8) is 0 Å². The highest BCUT2D eigenvalue weighted by molar-refractivity contribution is 5.53. The van der Waals surface area contributed by atoms with Gasteiger partial charge >= 0.3 is 0 Å². The van der Waals surface area contributed by atoms with Crippen LogP contribution in [0.15, 0.2) is 24.3 Å². The number of aryl methyl sites for hydroxylation is 1. The minimum atomic E-state index is 0.641. The largest absolute Gasteiger partial charge is 0.370 e. The Kier molecular flexibility index (Phi) is 3.83. The highest BCUT2D eigenvalue weighted by atomic mass is 15.2. The van der Waals surface area contributed by atoms with Crippen LogP contribution in [-0.4, -0.2) is 25.7 Å². The quantitative estimate of drug-likeness (QED) is 0.820. The molecule has 2 rings (SSSR count). The SMILES string of the molecule is CCC1CN(c2ccccc2C)CCCN1. The van der Waals surface area contributed by atoms with Gasteiger partial charge in [0.15, 0.2) is 0 Å². The second kappa shape index (κ2) is 5.35. The van der Waals surface area contributed by atoms with E-state index in [-0.39, 0.29) is 0 Å². The summed E-state index contributed by atoms with van der Waals surface area (Å²) in [4.78, 5) is 2.53. The van der Waals surface area contributed by atoms with Crippen molar-refractivity contribution in [3.05, 3.63) is 29.8 Å². The topological polar surface area (TPSA) is 15.3 Å². The maximum atomic E-state index is 3.61. The van der Waals surface area contributed by atoms with Crippen molar-refractivity contribution in [2.75, 3.05) is 24.5 Å². The number of hydrogen-bond donors (Lipinski definition) is 1. The number of rotatable bonds is 2. The Balaban J connectivity index is 2.16. The first-order valence-corrected chi connectivity index (χ1v) is 6.35. The van der Waals surface area contributed by atoms with Gasteiger partial charge in [0, 0.05) is 24.8 Å². The van der Waals surface area contributed by atoms with Crippen LogP contribution in [0.3, 0.4) is 0 Å². The molecule has 0 aliphatic carbocycles. The van der Waals surface area contributed by atoms with Gasteiger partial charge in [-0.3, -0.25) is 0 Å². The first kappa shape index (κ1) is 11.5. The lowest BCUT2D eigenvalue weighted by Crippen LogP contribution is -2.37. The van der Waals surface area contributed by atoms with Gasteiger partial charge in [0.1, 0.15) is 0 Å². The molecule has 1 N–H and O–H groups in total. The van der Waals surface area contributed by atoms with E-state index in [1.807, 2.05) is 0 Å². The third-order valence-electron chi connectivity index (χ3n) is 3.43. The lowest BCUT2D eigenvalue weighted by atomic mass is 10.1. The molecular formula is C14H22N2. The molecule has 1 aromatic rings. The Bertz CT molecular complexity index is 335. The fourth-order valence-corrected chi connectivity index (χ4v) is 2.41. The molecule has 1 heterocycles. The minimum Gasteiger partial charge on any atom is -0.370 e. The molecule has 0 spiro atoms. The van der Waals surface area contributed by atoms with E-state index in [1.165, 1.54) is 30.6 Å². The number of hydrogen-bond acceptors (Lipinski definition) is 2. The van der Waals surface area contributed by atoms with Crippen molar-refractivity contribution in [1.29, 1.82) is 0 Å². The summed E-state index contributed by atoms with van der Waals surface area (Å²) in [6, 6.07) is 9.34. The van der Waals surface area contributed by atoms with Gasteiger partial charge in [-0.05, 0) is 37.9 Å². The third kappa shape index (κ3) is 2.56. The fraction of sp³-hybridized carbons (Fsp3) is 0.571. The van der Waals surface area contributed by atoms with Gasteiger partial charge in [0.25, 0.3) is 0 Å². The predicted octanol–water partition coefficient (Wildman–Crippen LogP) is 2.57. The van der Waals surface area contributed by atoms with Crippen LogP contribution >= 0.6 is 0 Å². The van der Waals surface area contributed by atoms with E-state index in [2.05, 4.69) is 48.3 Å². The van der Waals surface area contributed by atoms with Crippen molar-refractivity contribution in [1.82, 2.24) is 5.32 Å². The van der Waals surface area contributed by atoms with E-state index in [0.29, 0.717) is 6.04 Å². The summed E-state index contributed by atoms with van der Waals surface area (Å²) in [5, 5.41) is 3.61. The Morgan fingerprint density at radius 1 is 1.38 bits per heavy atom. The first-order chi connectivity index (χ1) is 7.81. The molecule has 0 bridgehead atoms. The average molecular weight is 218 g/mol. The molecule has 1 aliphatic heterocycles. The molecule has 2 heteroatoms. The number of anilines is 1. The predicted molar refractivity (Wildman–Crippen MR) is 70.1 cm³/mol. The van der Waals surface area contributed by atoms with Crippen LogP contribution in [0.25, 0.3) is 0 Å². The zero-order valence-corrected chi connectivity index (χ0v) is 10.4. The monoisotopic (exact) mass is 218 g/mol. The molecule has 1 saturated heterocycles. The second-order valence-corrected chi connectivity index (χ2v) is 4.65. The molecule has 1 atom stereocenters. The maximum absolute atomic E-state index is 3.61. The molecule has 0 aromatic heterocycles. The third-order valence-corrected chi connectivity index (χ3v) is 3.43. The lowest BCUT2D eigenvalue weighted by Gasteiger charge is -2.27. The number of benzene rings is 1. The molecule has 0 amide bonds. The summed E-state index contributed by atoms with van der Waals surface area (Å²) in [5.74, 6) is 0. The zero-order valence-electron chi connectivity index (χ0n) is 10.4. The van der Waals surface area contributed by atoms with Gasteiger partial charge in [-0.25, -0.2) is 0 Å². The molecule has 0 saturated carbocycles. The summed E-state index contributed by atoms with van der Waals surface area (Å²) in [7, 11) is 0. The van der Waals surface area contributed by atoms with Crippen molar-refractivity contribution in [2.24, 2.45) is 0 Å². The summed E-state index contributed by atoms with van der Waals surface area (Å²) >= 11 is 0. The molecule has 1 unspecified atom stereocenters. The van der Waals surface area contributed by atoms with Crippen molar-refractivity contribution in [3.8, 4) is 0 Å². The van der Waals surface area contributed by atoms with Crippen molar-refractivity contribution < 1.29 is 0 Å². The minimum absolute atomic E-state index is 0.641. The average Bonchev–Trinajstić information content (AvgIpc) is 2.55. The van der Waals surface area contributed by atoms with E-state index in [9.17, 15) is 0 Å². The fourth-order valence-electron chi connectivity index (χ4n) is 2.41. The molecule has 1 aliphatic rings. The van der Waals surface area contributed by atoms with Crippen LogP contribution in [0.2, 0.25) is 0 Å². The number of nitrogens with one attached hydrogen (secondary N) is 1. The molecule has 2 nitrogen and oxygen atoms in total. The maximum Gasteiger partial charge on any atom is 0.0396 e.